The molecule has 3 heterocycles. The van der Waals surface area contributed by atoms with Gasteiger partial charge in [-0.25, -0.2) is 15.0 Å². The van der Waals surface area contributed by atoms with Crippen LogP contribution in [-0.2, 0) is 11.8 Å². The fourth-order valence-corrected chi connectivity index (χ4v) is 3.25. The quantitative estimate of drug-likeness (QED) is 0.721. The van der Waals surface area contributed by atoms with E-state index in [1.807, 2.05) is 42.1 Å². The van der Waals surface area contributed by atoms with E-state index in [0.717, 1.165) is 54.4 Å². The summed E-state index contributed by atoms with van der Waals surface area (Å²) in [5.74, 6) is 2.06. The number of hydrogen-bond donors (Lipinski definition) is 0. The molecule has 1 aliphatic rings. The normalized spacial score (nSPS) is 16.1. The van der Waals surface area contributed by atoms with Crippen molar-refractivity contribution in [1.82, 2.24) is 19.5 Å². The summed E-state index contributed by atoms with van der Waals surface area (Å²) in [4.78, 5) is 13.9. The van der Waals surface area contributed by atoms with E-state index in [1.54, 1.807) is 0 Å². The van der Waals surface area contributed by atoms with E-state index < -0.39 is 0 Å². The number of nitrogens with zero attached hydrogens (tertiary/aromatic N) is 4. The smallest absolute Gasteiger partial charge is 0.163 e. The Balaban J connectivity index is 1.80. The first kappa shape index (κ1) is 14.6. The second-order valence-electron chi connectivity index (χ2n) is 5.80. The van der Waals surface area contributed by atoms with Crippen LogP contribution in [0.3, 0.4) is 0 Å². The maximum atomic E-state index is 6.31. The minimum absolute atomic E-state index is 0.367. The highest BCUT2D eigenvalue weighted by atomic mass is 35.5. The van der Waals surface area contributed by atoms with Gasteiger partial charge in [0, 0.05) is 31.7 Å². The highest BCUT2D eigenvalue weighted by molar-refractivity contribution is 6.33. The molecule has 1 saturated heterocycles. The number of imidazole rings is 1. The molecule has 118 valence electrons. The van der Waals surface area contributed by atoms with Crippen molar-refractivity contribution in [3.8, 4) is 11.4 Å². The van der Waals surface area contributed by atoms with Crippen LogP contribution in [0.1, 0.15) is 24.6 Å². The molecular formula is C17H17ClN4O. The molecule has 0 atom stereocenters. The second-order valence-corrected chi connectivity index (χ2v) is 6.21. The van der Waals surface area contributed by atoms with Crippen molar-refractivity contribution in [2.75, 3.05) is 13.2 Å². The molecule has 0 N–H and O–H groups in total. The zero-order valence-electron chi connectivity index (χ0n) is 12.9. The fourth-order valence-electron chi connectivity index (χ4n) is 3.03. The minimum atomic E-state index is 0.367. The van der Waals surface area contributed by atoms with Gasteiger partial charge >= 0.3 is 0 Å². The molecule has 23 heavy (non-hydrogen) atoms. The van der Waals surface area contributed by atoms with E-state index in [4.69, 9.17) is 21.3 Å². The average molecular weight is 329 g/mol. The summed E-state index contributed by atoms with van der Waals surface area (Å²) in [6.07, 6.45) is 3.76. The first-order valence-electron chi connectivity index (χ1n) is 7.76. The van der Waals surface area contributed by atoms with Gasteiger partial charge in [0.1, 0.15) is 17.2 Å². The standard InChI is InChI=1S/C17H17ClN4O/c1-22-16(12-4-2-3-5-13(12)18)20-14-10-19-15(21-17(14)22)11-6-8-23-9-7-11/h2-5,10-11H,6-9H2,1H3. The van der Waals surface area contributed by atoms with E-state index in [-0.39, 0.29) is 0 Å². The predicted molar refractivity (Wildman–Crippen MR) is 89.5 cm³/mol. The number of fused-ring (bicyclic) bond motifs is 1. The molecule has 0 amide bonds. The molecule has 2 aromatic heterocycles. The third kappa shape index (κ3) is 2.60. The Morgan fingerprint density at radius 3 is 2.74 bits per heavy atom. The molecule has 1 fully saturated rings. The van der Waals surface area contributed by atoms with Gasteiger partial charge in [0.25, 0.3) is 0 Å². The maximum absolute atomic E-state index is 6.31. The summed E-state index contributed by atoms with van der Waals surface area (Å²) >= 11 is 6.31. The Kier molecular flexibility index (Phi) is 3.75. The number of aryl methyl sites for hydroxylation is 1. The van der Waals surface area contributed by atoms with E-state index >= 15 is 0 Å². The van der Waals surface area contributed by atoms with Gasteiger partial charge in [-0.15, -0.1) is 0 Å². The Hall–Kier alpha value is -1.98. The number of ether oxygens (including phenoxy) is 1. The molecule has 3 aromatic rings. The number of halogens is 1. The molecule has 4 rings (SSSR count). The lowest BCUT2D eigenvalue weighted by Gasteiger charge is -2.20. The van der Waals surface area contributed by atoms with E-state index in [0.29, 0.717) is 10.9 Å². The zero-order valence-corrected chi connectivity index (χ0v) is 13.6. The van der Waals surface area contributed by atoms with Gasteiger partial charge in [-0.1, -0.05) is 23.7 Å². The monoisotopic (exact) mass is 328 g/mol. The summed E-state index contributed by atoms with van der Waals surface area (Å²) in [6, 6.07) is 7.71. The molecule has 0 radical (unpaired) electrons. The van der Waals surface area contributed by atoms with Gasteiger partial charge in [0.2, 0.25) is 0 Å². The molecule has 0 saturated carbocycles. The van der Waals surface area contributed by atoms with Crippen molar-refractivity contribution < 1.29 is 4.74 Å². The van der Waals surface area contributed by atoms with Gasteiger partial charge in [-0.2, -0.15) is 0 Å². The van der Waals surface area contributed by atoms with Crippen molar-refractivity contribution in [3.63, 3.8) is 0 Å². The first-order chi connectivity index (χ1) is 11.2. The highest BCUT2D eigenvalue weighted by Crippen LogP contribution is 2.30. The number of benzene rings is 1. The van der Waals surface area contributed by atoms with Crippen LogP contribution < -0.4 is 0 Å². The van der Waals surface area contributed by atoms with Crippen molar-refractivity contribution >= 4 is 22.8 Å². The second kappa shape index (κ2) is 5.91. The summed E-state index contributed by atoms with van der Waals surface area (Å²) in [5, 5.41) is 0.684. The number of hydrogen-bond acceptors (Lipinski definition) is 4. The maximum Gasteiger partial charge on any atom is 0.163 e. The van der Waals surface area contributed by atoms with Gasteiger partial charge in [0.05, 0.1) is 11.2 Å². The van der Waals surface area contributed by atoms with Crippen LogP contribution in [0.15, 0.2) is 30.5 Å². The molecule has 0 aliphatic carbocycles. The first-order valence-corrected chi connectivity index (χ1v) is 8.14. The third-order valence-electron chi connectivity index (χ3n) is 4.33. The van der Waals surface area contributed by atoms with Crippen LogP contribution in [0, 0.1) is 0 Å². The minimum Gasteiger partial charge on any atom is -0.381 e. The molecule has 0 unspecified atom stereocenters. The summed E-state index contributed by atoms with van der Waals surface area (Å²) in [6.45, 7) is 1.56. The lowest BCUT2D eigenvalue weighted by molar-refractivity contribution is 0.0836. The third-order valence-corrected chi connectivity index (χ3v) is 4.66. The van der Waals surface area contributed by atoms with Gasteiger partial charge < -0.3 is 9.30 Å². The van der Waals surface area contributed by atoms with Gasteiger partial charge in [-0.05, 0) is 25.0 Å². The largest absolute Gasteiger partial charge is 0.381 e. The lowest BCUT2D eigenvalue weighted by Crippen LogP contribution is -2.16. The van der Waals surface area contributed by atoms with Crippen LogP contribution in [0.2, 0.25) is 5.02 Å². The van der Waals surface area contributed by atoms with Crippen LogP contribution in [0.4, 0.5) is 0 Å². The summed E-state index contributed by atoms with van der Waals surface area (Å²) < 4.78 is 7.41. The Bertz CT molecular complexity index is 855. The van der Waals surface area contributed by atoms with Crippen molar-refractivity contribution in [2.24, 2.45) is 7.05 Å². The van der Waals surface area contributed by atoms with E-state index in [9.17, 15) is 0 Å². The molecule has 1 aliphatic heterocycles. The average Bonchev–Trinajstić information content (AvgIpc) is 2.92. The SMILES string of the molecule is Cn1c(-c2ccccc2Cl)nc2cnc(C3CCOCC3)nc21. The molecule has 0 spiro atoms. The number of aromatic nitrogens is 4. The molecule has 6 heteroatoms. The van der Waals surface area contributed by atoms with E-state index in [2.05, 4.69) is 9.97 Å². The highest BCUT2D eigenvalue weighted by Gasteiger charge is 2.21. The van der Waals surface area contributed by atoms with Gasteiger partial charge in [-0.3, -0.25) is 0 Å². The van der Waals surface area contributed by atoms with Crippen molar-refractivity contribution in [1.29, 1.82) is 0 Å². The van der Waals surface area contributed by atoms with Crippen molar-refractivity contribution in [3.05, 3.63) is 41.3 Å². The molecule has 5 nitrogen and oxygen atoms in total. The van der Waals surface area contributed by atoms with Crippen molar-refractivity contribution in [2.45, 2.75) is 18.8 Å². The van der Waals surface area contributed by atoms with Crippen LogP contribution in [0.5, 0.6) is 0 Å². The van der Waals surface area contributed by atoms with E-state index in [1.165, 1.54) is 0 Å². The van der Waals surface area contributed by atoms with Crippen LogP contribution >= 0.6 is 11.6 Å². The van der Waals surface area contributed by atoms with Crippen LogP contribution in [0.25, 0.3) is 22.6 Å². The van der Waals surface area contributed by atoms with Gasteiger partial charge in [0.15, 0.2) is 5.65 Å². The molecule has 0 bridgehead atoms. The lowest BCUT2D eigenvalue weighted by atomic mass is 9.99. The predicted octanol–water partition coefficient (Wildman–Crippen LogP) is 3.58. The summed E-state index contributed by atoms with van der Waals surface area (Å²) in [5.41, 5.74) is 2.54. The summed E-state index contributed by atoms with van der Waals surface area (Å²) in [7, 11) is 1.97. The number of rotatable bonds is 2. The Morgan fingerprint density at radius 2 is 1.96 bits per heavy atom. The Labute approximate surface area is 139 Å². The zero-order chi connectivity index (χ0) is 15.8. The topological polar surface area (TPSA) is 52.8 Å². The van der Waals surface area contributed by atoms with Crippen LogP contribution in [-0.4, -0.2) is 32.7 Å². The molecular weight excluding hydrogens is 312 g/mol. The molecule has 1 aromatic carbocycles. The fraction of sp³-hybridized carbons (Fsp3) is 0.353. The Morgan fingerprint density at radius 1 is 1.17 bits per heavy atom.